The van der Waals surface area contributed by atoms with E-state index in [4.69, 9.17) is 0 Å². The van der Waals surface area contributed by atoms with Crippen LogP contribution in [0.2, 0.25) is 0 Å². The molecule has 5 nitrogen and oxygen atoms in total. The van der Waals surface area contributed by atoms with Crippen molar-refractivity contribution in [3.63, 3.8) is 0 Å². The minimum Gasteiger partial charge on any atom is -0.480 e. The molecule has 19 heavy (non-hydrogen) atoms. The lowest BCUT2D eigenvalue weighted by atomic mass is 10.0. The number of thioether (sulfide) groups is 1. The summed E-state index contributed by atoms with van der Waals surface area (Å²) in [6, 6.07) is -0.841. The summed E-state index contributed by atoms with van der Waals surface area (Å²) < 4.78 is 0. The molecule has 2 heterocycles. The maximum atomic E-state index is 12.6. The fraction of sp³-hybridized carbons (Fsp3) is 0.846. The molecule has 108 valence electrons. The Balaban J connectivity index is 2.10. The Bertz CT molecular complexity index is 345. The fourth-order valence-electron chi connectivity index (χ4n) is 2.76. The first-order valence-corrected chi connectivity index (χ1v) is 8.10. The fourth-order valence-corrected chi connectivity index (χ4v) is 4.28. The second-order valence-electron chi connectivity index (χ2n) is 5.18. The van der Waals surface area contributed by atoms with Crippen LogP contribution in [0.4, 0.5) is 0 Å². The zero-order chi connectivity index (χ0) is 13.8. The highest BCUT2D eigenvalue weighted by atomic mass is 32.2. The van der Waals surface area contributed by atoms with E-state index in [1.54, 1.807) is 16.7 Å². The van der Waals surface area contributed by atoms with Crippen molar-refractivity contribution in [2.45, 2.75) is 56.5 Å². The van der Waals surface area contributed by atoms with Crippen molar-refractivity contribution in [3.05, 3.63) is 0 Å². The van der Waals surface area contributed by atoms with Gasteiger partial charge in [0.05, 0.1) is 11.4 Å². The third kappa shape index (κ3) is 3.23. The smallest absolute Gasteiger partial charge is 0.327 e. The van der Waals surface area contributed by atoms with Gasteiger partial charge in [0.1, 0.15) is 6.04 Å². The Labute approximate surface area is 118 Å². The van der Waals surface area contributed by atoms with Crippen molar-refractivity contribution >= 4 is 23.6 Å². The van der Waals surface area contributed by atoms with Crippen LogP contribution >= 0.6 is 11.8 Å². The highest BCUT2D eigenvalue weighted by Gasteiger charge is 2.43. The lowest BCUT2D eigenvalue weighted by Gasteiger charge is -2.32. The van der Waals surface area contributed by atoms with Crippen LogP contribution < -0.4 is 5.32 Å². The summed E-state index contributed by atoms with van der Waals surface area (Å²) in [5.41, 5.74) is 0. The van der Waals surface area contributed by atoms with Gasteiger partial charge in [-0.3, -0.25) is 4.79 Å². The Kier molecular flexibility index (Phi) is 5.10. The first-order valence-electron chi connectivity index (χ1n) is 7.05. The molecule has 0 spiro atoms. The molecule has 2 rings (SSSR count). The quantitative estimate of drug-likeness (QED) is 0.815. The summed E-state index contributed by atoms with van der Waals surface area (Å²) in [5, 5.41) is 12.5. The molecular weight excluding hydrogens is 264 g/mol. The maximum Gasteiger partial charge on any atom is 0.327 e. The van der Waals surface area contributed by atoms with Gasteiger partial charge in [-0.15, -0.1) is 11.8 Å². The molecule has 0 saturated carbocycles. The topological polar surface area (TPSA) is 69.6 Å². The zero-order valence-corrected chi connectivity index (χ0v) is 12.1. The molecule has 2 aliphatic rings. The molecular formula is C13H22N2O3S. The van der Waals surface area contributed by atoms with E-state index in [9.17, 15) is 14.7 Å². The summed E-state index contributed by atoms with van der Waals surface area (Å²) in [6.07, 6.45) is 4.80. The standard InChI is InChI=1S/C13H22N2O3S/c1-2-5-11-15(10(8-19-11)13(17)18)12(16)9-6-3-4-7-14-9/h9-11,14H,2-8H2,1H3,(H,17,18)/t9-,10?,11?/m1/s1. The summed E-state index contributed by atoms with van der Waals surface area (Å²) in [4.78, 5) is 25.5. The number of hydrogen-bond acceptors (Lipinski definition) is 4. The highest BCUT2D eigenvalue weighted by Crippen LogP contribution is 2.33. The number of nitrogens with one attached hydrogen (secondary N) is 1. The molecule has 6 heteroatoms. The van der Waals surface area contributed by atoms with E-state index in [0.29, 0.717) is 5.75 Å². The molecule has 3 atom stereocenters. The largest absolute Gasteiger partial charge is 0.480 e. The molecule has 2 aliphatic heterocycles. The maximum absolute atomic E-state index is 12.6. The van der Waals surface area contributed by atoms with Crippen LogP contribution in [0.15, 0.2) is 0 Å². The van der Waals surface area contributed by atoms with Crippen LogP contribution in [0.25, 0.3) is 0 Å². The second kappa shape index (κ2) is 6.61. The first kappa shape index (κ1) is 14.7. The summed E-state index contributed by atoms with van der Waals surface area (Å²) in [6.45, 7) is 2.92. The van der Waals surface area contributed by atoms with E-state index in [2.05, 4.69) is 12.2 Å². The van der Waals surface area contributed by atoms with E-state index in [1.807, 2.05) is 0 Å². The number of carbonyl (C=O) groups is 2. The van der Waals surface area contributed by atoms with Crippen molar-refractivity contribution < 1.29 is 14.7 Å². The molecule has 0 aromatic carbocycles. The number of hydrogen-bond donors (Lipinski definition) is 2. The van der Waals surface area contributed by atoms with Crippen LogP contribution in [0, 0.1) is 0 Å². The van der Waals surface area contributed by atoms with Crippen LogP contribution in [-0.4, -0.2) is 51.6 Å². The molecule has 2 unspecified atom stereocenters. The van der Waals surface area contributed by atoms with E-state index in [0.717, 1.165) is 38.6 Å². The van der Waals surface area contributed by atoms with Gasteiger partial charge in [0.2, 0.25) is 5.91 Å². The molecule has 1 amide bonds. The minimum absolute atomic E-state index is 0.0180. The van der Waals surface area contributed by atoms with E-state index < -0.39 is 12.0 Å². The third-order valence-corrected chi connectivity index (χ3v) is 5.13. The predicted octanol–water partition coefficient (Wildman–Crippen LogP) is 1.28. The van der Waals surface area contributed by atoms with Gasteiger partial charge < -0.3 is 15.3 Å². The molecule has 2 N–H and O–H groups in total. The van der Waals surface area contributed by atoms with Crippen molar-refractivity contribution in [1.29, 1.82) is 0 Å². The number of amides is 1. The second-order valence-corrected chi connectivity index (χ2v) is 6.39. The first-order chi connectivity index (χ1) is 9.15. The van der Waals surface area contributed by atoms with Crippen molar-refractivity contribution in [1.82, 2.24) is 10.2 Å². The van der Waals surface area contributed by atoms with Gasteiger partial charge in [-0.25, -0.2) is 4.79 Å². The molecule has 0 aliphatic carbocycles. The molecule has 2 fully saturated rings. The monoisotopic (exact) mass is 286 g/mol. The molecule has 0 aromatic rings. The number of piperidine rings is 1. The van der Waals surface area contributed by atoms with Gasteiger partial charge >= 0.3 is 5.97 Å². The lowest BCUT2D eigenvalue weighted by molar-refractivity contribution is -0.150. The molecule has 2 saturated heterocycles. The minimum atomic E-state index is -0.879. The van der Waals surface area contributed by atoms with E-state index >= 15 is 0 Å². The van der Waals surface area contributed by atoms with Crippen LogP contribution in [0.3, 0.4) is 0 Å². The van der Waals surface area contributed by atoms with Crippen LogP contribution in [-0.2, 0) is 9.59 Å². The van der Waals surface area contributed by atoms with Crippen LogP contribution in [0.5, 0.6) is 0 Å². The molecule has 0 bridgehead atoms. The Morgan fingerprint density at radius 3 is 2.79 bits per heavy atom. The number of aliphatic carboxylic acids is 1. The SMILES string of the molecule is CCCC1SCC(C(=O)O)N1C(=O)[C@H]1CCCCN1. The Morgan fingerprint density at radius 1 is 1.42 bits per heavy atom. The Hall–Kier alpha value is -0.750. The summed E-state index contributed by atoms with van der Waals surface area (Å²) in [5.74, 6) is -0.385. The van der Waals surface area contributed by atoms with Crippen molar-refractivity contribution in [3.8, 4) is 0 Å². The van der Waals surface area contributed by atoms with Crippen molar-refractivity contribution in [2.24, 2.45) is 0 Å². The van der Waals surface area contributed by atoms with E-state index in [1.165, 1.54) is 0 Å². The summed E-state index contributed by atoms with van der Waals surface area (Å²) in [7, 11) is 0. The normalized spacial score (nSPS) is 31.4. The van der Waals surface area contributed by atoms with Gasteiger partial charge in [0.15, 0.2) is 0 Å². The third-order valence-electron chi connectivity index (χ3n) is 3.78. The number of carbonyl (C=O) groups excluding carboxylic acids is 1. The number of nitrogens with zero attached hydrogens (tertiary/aromatic N) is 1. The summed E-state index contributed by atoms with van der Waals surface area (Å²) >= 11 is 1.60. The molecule has 0 radical (unpaired) electrons. The van der Waals surface area contributed by atoms with Gasteiger partial charge in [0, 0.05) is 5.75 Å². The van der Waals surface area contributed by atoms with Gasteiger partial charge in [-0.2, -0.15) is 0 Å². The Morgan fingerprint density at radius 2 is 2.21 bits per heavy atom. The van der Waals surface area contributed by atoms with Gasteiger partial charge in [-0.1, -0.05) is 19.8 Å². The predicted molar refractivity (Wildman–Crippen MR) is 75.1 cm³/mol. The van der Waals surface area contributed by atoms with Crippen LogP contribution in [0.1, 0.15) is 39.0 Å². The highest BCUT2D eigenvalue weighted by molar-refractivity contribution is 8.00. The average Bonchev–Trinajstić information content (AvgIpc) is 2.83. The number of carboxylic acids is 1. The van der Waals surface area contributed by atoms with Gasteiger partial charge in [-0.05, 0) is 25.8 Å². The lowest BCUT2D eigenvalue weighted by Crippen LogP contribution is -2.54. The molecule has 0 aromatic heterocycles. The average molecular weight is 286 g/mol. The number of rotatable bonds is 4. The number of carboxylic acid groups (broad SMARTS) is 1. The van der Waals surface area contributed by atoms with Gasteiger partial charge in [0.25, 0.3) is 0 Å². The zero-order valence-electron chi connectivity index (χ0n) is 11.3. The van der Waals surface area contributed by atoms with Crippen molar-refractivity contribution in [2.75, 3.05) is 12.3 Å². The van der Waals surface area contributed by atoms with E-state index in [-0.39, 0.29) is 17.3 Å².